The van der Waals surface area contributed by atoms with Crippen LogP contribution in [0.15, 0.2) is 12.2 Å². The van der Waals surface area contributed by atoms with Crippen LogP contribution in [-0.2, 0) is 14.3 Å². The SMILES string of the molecule is CCCCC12C=CC(C1)C1C(=O)OC(=O)C12. The highest BCUT2D eigenvalue weighted by atomic mass is 16.6. The molecule has 4 unspecified atom stereocenters. The predicted molar refractivity (Wildman–Crippen MR) is 57.3 cm³/mol. The lowest BCUT2D eigenvalue weighted by Gasteiger charge is -2.28. The van der Waals surface area contributed by atoms with E-state index in [1.54, 1.807) is 0 Å². The molecule has 1 saturated carbocycles. The summed E-state index contributed by atoms with van der Waals surface area (Å²) in [6.45, 7) is 2.15. The van der Waals surface area contributed by atoms with E-state index in [-0.39, 0.29) is 35.1 Å². The molecule has 1 aliphatic heterocycles. The molecule has 16 heavy (non-hydrogen) atoms. The zero-order chi connectivity index (χ0) is 11.3. The monoisotopic (exact) mass is 220 g/mol. The molecule has 0 radical (unpaired) electrons. The third-order valence-electron chi connectivity index (χ3n) is 4.45. The number of carbonyl (C=O) groups is 2. The molecule has 2 bridgehead atoms. The highest BCUT2D eigenvalue weighted by Gasteiger charge is 2.64. The van der Waals surface area contributed by atoms with E-state index in [2.05, 4.69) is 19.1 Å². The zero-order valence-electron chi connectivity index (χ0n) is 9.44. The Morgan fingerprint density at radius 1 is 1.44 bits per heavy atom. The van der Waals surface area contributed by atoms with Gasteiger partial charge in [0.2, 0.25) is 0 Å². The number of fused-ring (bicyclic) bond motifs is 5. The van der Waals surface area contributed by atoms with Gasteiger partial charge in [0.1, 0.15) is 0 Å². The molecule has 1 heterocycles. The van der Waals surface area contributed by atoms with E-state index in [1.807, 2.05) is 0 Å². The number of hydrogen-bond donors (Lipinski definition) is 0. The first-order valence-electron chi connectivity index (χ1n) is 6.13. The maximum Gasteiger partial charge on any atom is 0.318 e. The molecular weight excluding hydrogens is 204 g/mol. The van der Waals surface area contributed by atoms with Gasteiger partial charge in [-0.1, -0.05) is 31.9 Å². The second kappa shape index (κ2) is 3.19. The third kappa shape index (κ3) is 1.09. The van der Waals surface area contributed by atoms with Crippen LogP contribution in [-0.4, -0.2) is 11.9 Å². The van der Waals surface area contributed by atoms with Gasteiger partial charge < -0.3 is 4.74 Å². The number of unbranched alkanes of at least 4 members (excludes halogenated alkanes) is 1. The average Bonchev–Trinajstić information content (AvgIpc) is 2.88. The van der Waals surface area contributed by atoms with E-state index >= 15 is 0 Å². The van der Waals surface area contributed by atoms with Crippen LogP contribution < -0.4 is 0 Å². The fourth-order valence-electron chi connectivity index (χ4n) is 3.74. The molecule has 0 N–H and O–H groups in total. The molecule has 4 atom stereocenters. The summed E-state index contributed by atoms with van der Waals surface area (Å²) in [5.41, 5.74) is -0.0609. The molecule has 2 aliphatic carbocycles. The number of rotatable bonds is 3. The smallest absolute Gasteiger partial charge is 0.318 e. The Labute approximate surface area is 94.8 Å². The number of esters is 2. The Kier molecular flexibility index (Phi) is 2.00. The molecule has 3 heteroatoms. The van der Waals surface area contributed by atoms with Crippen LogP contribution in [0.2, 0.25) is 0 Å². The largest absolute Gasteiger partial charge is 0.393 e. The summed E-state index contributed by atoms with van der Waals surface area (Å²) in [4.78, 5) is 23.3. The summed E-state index contributed by atoms with van der Waals surface area (Å²) < 4.78 is 4.80. The summed E-state index contributed by atoms with van der Waals surface area (Å²) in [5.74, 6) is -0.669. The Morgan fingerprint density at radius 3 is 3.00 bits per heavy atom. The molecule has 0 amide bonds. The van der Waals surface area contributed by atoms with Gasteiger partial charge in [0.25, 0.3) is 0 Å². The van der Waals surface area contributed by atoms with Gasteiger partial charge in [-0.15, -0.1) is 0 Å². The van der Waals surface area contributed by atoms with Crippen molar-refractivity contribution in [3.05, 3.63) is 12.2 Å². The van der Waals surface area contributed by atoms with Crippen molar-refractivity contribution < 1.29 is 14.3 Å². The quantitative estimate of drug-likeness (QED) is 0.415. The van der Waals surface area contributed by atoms with E-state index in [1.165, 1.54) is 0 Å². The van der Waals surface area contributed by atoms with Gasteiger partial charge in [-0.05, 0) is 18.8 Å². The fourth-order valence-corrected chi connectivity index (χ4v) is 3.74. The lowest BCUT2D eigenvalue weighted by atomic mass is 9.72. The molecule has 0 aromatic heterocycles. The number of carbonyl (C=O) groups excluding carboxylic acids is 2. The van der Waals surface area contributed by atoms with Crippen LogP contribution >= 0.6 is 0 Å². The van der Waals surface area contributed by atoms with Crippen LogP contribution in [0, 0.1) is 23.2 Å². The molecular formula is C13H16O3. The number of hydrogen-bond acceptors (Lipinski definition) is 3. The minimum atomic E-state index is -0.289. The second-order valence-corrected chi connectivity index (χ2v) is 5.31. The molecule has 0 aromatic rings. The van der Waals surface area contributed by atoms with Gasteiger partial charge in [-0.2, -0.15) is 0 Å². The Hall–Kier alpha value is -1.12. The zero-order valence-corrected chi connectivity index (χ0v) is 9.44. The molecule has 3 nitrogen and oxygen atoms in total. The molecule has 0 spiro atoms. The summed E-state index contributed by atoms with van der Waals surface area (Å²) >= 11 is 0. The highest BCUT2D eigenvalue weighted by molar-refractivity contribution is 5.98. The fraction of sp³-hybridized carbons (Fsp3) is 0.692. The Morgan fingerprint density at radius 2 is 2.25 bits per heavy atom. The van der Waals surface area contributed by atoms with Crippen molar-refractivity contribution in [1.29, 1.82) is 0 Å². The first-order chi connectivity index (χ1) is 7.68. The molecule has 3 rings (SSSR count). The van der Waals surface area contributed by atoms with Gasteiger partial charge in [-0.25, -0.2) is 0 Å². The highest BCUT2D eigenvalue weighted by Crippen LogP contribution is 2.61. The lowest BCUT2D eigenvalue weighted by molar-refractivity contribution is -0.155. The minimum Gasteiger partial charge on any atom is -0.393 e. The standard InChI is InChI=1S/C13H16O3/c1-2-3-5-13-6-4-8(7-13)9-10(13)12(15)16-11(9)14/h4,6,8-10H,2-3,5,7H2,1H3. The van der Waals surface area contributed by atoms with Crippen molar-refractivity contribution in [2.24, 2.45) is 23.2 Å². The van der Waals surface area contributed by atoms with Crippen molar-refractivity contribution >= 4 is 11.9 Å². The number of allylic oxidation sites excluding steroid dienone is 2. The van der Waals surface area contributed by atoms with Crippen LogP contribution in [0.25, 0.3) is 0 Å². The molecule has 2 fully saturated rings. The summed E-state index contributed by atoms with van der Waals surface area (Å²) in [6.07, 6.45) is 8.52. The topological polar surface area (TPSA) is 43.4 Å². The van der Waals surface area contributed by atoms with Crippen LogP contribution in [0.1, 0.15) is 32.6 Å². The van der Waals surface area contributed by atoms with Gasteiger partial charge in [0.05, 0.1) is 11.8 Å². The van der Waals surface area contributed by atoms with Crippen LogP contribution in [0.4, 0.5) is 0 Å². The normalized spacial score (nSPS) is 43.9. The van der Waals surface area contributed by atoms with E-state index < -0.39 is 0 Å². The molecule has 86 valence electrons. The number of cyclic esters (lactones) is 2. The van der Waals surface area contributed by atoms with E-state index in [0.29, 0.717) is 0 Å². The summed E-state index contributed by atoms with van der Waals surface area (Å²) in [5, 5.41) is 0. The average molecular weight is 220 g/mol. The first kappa shape index (κ1) is 10.1. The van der Waals surface area contributed by atoms with Crippen molar-refractivity contribution in [2.45, 2.75) is 32.6 Å². The van der Waals surface area contributed by atoms with Crippen LogP contribution in [0.5, 0.6) is 0 Å². The van der Waals surface area contributed by atoms with Crippen molar-refractivity contribution in [3.8, 4) is 0 Å². The molecule has 0 aromatic carbocycles. The maximum atomic E-state index is 11.7. The van der Waals surface area contributed by atoms with E-state index in [4.69, 9.17) is 4.74 Å². The van der Waals surface area contributed by atoms with Crippen molar-refractivity contribution in [3.63, 3.8) is 0 Å². The van der Waals surface area contributed by atoms with Crippen LogP contribution in [0.3, 0.4) is 0 Å². The number of ether oxygens (including phenoxy) is 1. The lowest BCUT2D eigenvalue weighted by Crippen LogP contribution is -2.30. The second-order valence-electron chi connectivity index (χ2n) is 5.31. The van der Waals surface area contributed by atoms with Gasteiger partial charge >= 0.3 is 11.9 Å². The first-order valence-corrected chi connectivity index (χ1v) is 6.13. The van der Waals surface area contributed by atoms with E-state index in [9.17, 15) is 9.59 Å². The van der Waals surface area contributed by atoms with E-state index in [0.717, 1.165) is 25.7 Å². The van der Waals surface area contributed by atoms with Crippen molar-refractivity contribution in [2.75, 3.05) is 0 Å². The molecule has 3 aliphatic rings. The van der Waals surface area contributed by atoms with Gasteiger partial charge in [0.15, 0.2) is 0 Å². The summed E-state index contributed by atoms with van der Waals surface area (Å²) in [6, 6.07) is 0. The van der Waals surface area contributed by atoms with Crippen molar-refractivity contribution in [1.82, 2.24) is 0 Å². The van der Waals surface area contributed by atoms with Gasteiger partial charge in [-0.3, -0.25) is 9.59 Å². The minimum absolute atomic E-state index is 0.0609. The maximum absolute atomic E-state index is 11.7. The van der Waals surface area contributed by atoms with Gasteiger partial charge in [0, 0.05) is 5.41 Å². The Bertz CT molecular complexity index is 385. The third-order valence-corrected chi connectivity index (χ3v) is 4.45. The Balaban J connectivity index is 1.93. The predicted octanol–water partition coefficient (Wildman–Crippen LogP) is 2.07. The summed E-state index contributed by atoms with van der Waals surface area (Å²) in [7, 11) is 0. The molecule has 1 saturated heterocycles.